The Hall–Kier alpha value is -1.43. The molecule has 0 fully saturated rings. The topological polar surface area (TPSA) is 64.4 Å². The van der Waals surface area contributed by atoms with E-state index in [1.54, 1.807) is 13.2 Å². The fraction of sp³-hybridized carbons (Fsp3) is 0.333. The predicted octanol–water partition coefficient (Wildman–Crippen LogP) is 2.50. The first-order chi connectivity index (χ1) is 8.65. The number of nitro benzene ring substituents is 1. The number of rotatable bonds is 7. The Balaban J connectivity index is 2.57. The van der Waals surface area contributed by atoms with E-state index in [0.29, 0.717) is 23.7 Å². The molecule has 1 aromatic rings. The lowest BCUT2D eigenvalue weighted by Crippen LogP contribution is -2.18. The molecule has 0 aromatic heterocycles. The molecule has 0 aliphatic heterocycles. The van der Waals surface area contributed by atoms with Crippen LogP contribution >= 0.6 is 11.6 Å². The number of halogens is 1. The van der Waals surface area contributed by atoms with Crippen LogP contribution < -0.4 is 5.32 Å². The van der Waals surface area contributed by atoms with E-state index >= 15 is 0 Å². The van der Waals surface area contributed by atoms with Gasteiger partial charge >= 0.3 is 0 Å². The van der Waals surface area contributed by atoms with E-state index in [1.165, 1.54) is 18.2 Å². The molecule has 6 heteroatoms. The smallest absolute Gasteiger partial charge is 0.270 e. The summed E-state index contributed by atoms with van der Waals surface area (Å²) in [7, 11) is 1.64. The van der Waals surface area contributed by atoms with Gasteiger partial charge in [-0.05, 0) is 11.6 Å². The lowest BCUT2D eigenvalue weighted by atomic mass is 10.2. The number of hydrogen-bond acceptors (Lipinski definition) is 4. The van der Waals surface area contributed by atoms with Crippen molar-refractivity contribution in [3.05, 3.63) is 45.0 Å². The van der Waals surface area contributed by atoms with Crippen LogP contribution in [-0.4, -0.2) is 31.7 Å². The molecule has 1 rings (SSSR count). The van der Waals surface area contributed by atoms with Crippen molar-refractivity contribution >= 4 is 23.4 Å². The highest BCUT2D eigenvalue weighted by Crippen LogP contribution is 2.22. The van der Waals surface area contributed by atoms with Gasteiger partial charge in [-0.15, -0.1) is 0 Å². The summed E-state index contributed by atoms with van der Waals surface area (Å²) in [4.78, 5) is 10.2. The van der Waals surface area contributed by atoms with E-state index in [9.17, 15) is 10.1 Å². The normalized spacial score (nSPS) is 11.0. The van der Waals surface area contributed by atoms with Gasteiger partial charge in [0.1, 0.15) is 0 Å². The molecular formula is C12H15ClN2O3. The van der Waals surface area contributed by atoms with Gasteiger partial charge in [-0.3, -0.25) is 10.1 Å². The molecule has 0 radical (unpaired) electrons. The Bertz CT molecular complexity index is 435. The van der Waals surface area contributed by atoms with Crippen LogP contribution in [0.5, 0.6) is 0 Å². The highest BCUT2D eigenvalue weighted by Gasteiger charge is 2.07. The summed E-state index contributed by atoms with van der Waals surface area (Å²) in [6.07, 6.45) is 3.62. The standard InChI is InChI=1S/C12H15ClN2O3/c1-18-8-7-14-6-2-3-10-9-11(15(16)17)4-5-12(10)13/h2-5,9,14H,6-8H2,1H3. The van der Waals surface area contributed by atoms with Crippen molar-refractivity contribution in [1.29, 1.82) is 0 Å². The van der Waals surface area contributed by atoms with Crippen LogP contribution in [0.4, 0.5) is 5.69 Å². The molecule has 18 heavy (non-hydrogen) atoms. The first-order valence-electron chi connectivity index (χ1n) is 5.45. The summed E-state index contributed by atoms with van der Waals surface area (Å²) in [5.74, 6) is 0. The van der Waals surface area contributed by atoms with Gasteiger partial charge < -0.3 is 10.1 Å². The van der Waals surface area contributed by atoms with E-state index in [1.807, 2.05) is 6.08 Å². The Morgan fingerprint density at radius 2 is 2.33 bits per heavy atom. The zero-order valence-electron chi connectivity index (χ0n) is 10.1. The zero-order chi connectivity index (χ0) is 13.4. The SMILES string of the molecule is COCCNCC=Cc1cc([N+](=O)[O-])ccc1Cl. The van der Waals surface area contributed by atoms with Gasteiger partial charge in [-0.1, -0.05) is 23.8 Å². The molecule has 98 valence electrons. The summed E-state index contributed by atoms with van der Waals surface area (Å²) in [6, 6.07) is 4.36. The summed E-state index contributed by atoms with van der Waals surface area (Å²) in [5.41, 5.74) is 0.672. The summed E-state index contributed by atoms with van der Waals surface area (Å²) in [6.45, 7) is 2.05. The molecule has 0 unspecified atom stereocenters. The summed E-state index contributed by atoms with van der Waals surface area (Å²) in [5, 5.41) is 14.2. The zero-order valence-corrected chi connectivity index (χ0v) is 10.8. The molecule has 1 N–H and O–H groups in total. The van der Waals surface area contributed by atoms with Crippen LogP contribution in [0.1, 0.15) is 5.56 Å². The van der Waals surface area contributed by atoms with E-state index in [0.717, 1.165) is 6.54 Å². The Kier molecular flexibility index (Phi) is 6.35. The molecule has 0 heterocycles. The third-order valence-corrected chi connectivity index (χ3v) is 2.58. The van der Waals surface area contributed by atoms with E-state index < -0.39 is 4.92 Å². The van der Waals surface area contributed by atoms with Crippen LogP contribution in [0, 0.1) is 10.1 Å². The molecule has 0 bridgehead atoms. The lowest BCUT2D eigenvalue weighted by molar-refractivity contribution is -0.384. The molecule has 0 atom stereocenters. The molecule has 1 aromatic carbocycles. The van der Waals surface area contributed by atoms with Gasteiger partial charge in [0, 0.05) is 37.4 Å². The minimum Gasteiger partial charge on any atom is -0.383 e. The minimum absolute atomic E-state index is 0.0337. The molecule has 0 amide bonds. The molecule has 0 saturated carbocycles. The van der Waals surface area contributed by atoms with Crippen LogP contribution in [0.3, 0.4) is 0 Å². The number of non-ortho nitro benzene ring substituents is 1. The van der Waals surface area contributed by atoms with Crippen molar-refractivity contribution in [3.8, 4) is 0 Å². The van der Waals surface area contributed by atoms with Crippen molar-refractivity contribution in [2.75, 3.05) is 26.8 Å². The number of hydrogen-bond donors (Lipinski definition) is 1. The van der Waals surface area contributed by atoms with Gasteiger partial charge in [0.05, 0.1) is 11.5 Å². The van der Waals surface area contributed by atoms with E-state index in [4.69, 9.17) is 16.3 Å². The van der Waals surface area contributed by atoms with Crippen LogP contribution in [0.25, 0.3) is 6.08 Å². The first-order valence-corrected chi connectivity index (χ1v) is 5.83. The molecule has 0 aliphatic rings. The average molecular weight is 271 g/mol. The van der Waals surface area contributed by atoms with Gasteiger partial charge in [0.25, 0.3) is 5.69 Å². The molecule has 5 nitrogen and oxygen atoms in total. The maximum atomic E-state index is 10.6. The highest BCUT2D eigenvalue weighted by atomic mass is 35.5. The number of nitro groups is 1. The number of nitrogens with one attached hydrogen (secondary N) is 1. The Morgan fingerprint density at radius 3 is 3.00 bits per heavy atom. The molecular weight excluding hydrogens is 256 g/mol. The van der Waals surface area contributed by atoms with Crippen molar-refractivity contribution < 1.29 is 9.66 Å². The third kappa shape index (κ3) is 4.83. The van der Waals surface area contributed by atoms with Gasteiger partial charge in [0.2, 0.25) is 0 Å². The minimum atomic E-state index is -0.440. The number of ether oxygens (including phenoxy) is 1. The quantitative estimate of drug-likeness (QED) is 0.470. The lowest BCUT2D eigenvalue weighted by Gasteiger charge is -2.00. The second kappa shape index (κ2) is 7.81. The molecule has 0 saturated heterocycles. The van der Waals surface area contributed by atoms with Crippen LogP contribution in [0.2, 0.25) is 5.02 Å². The van der Waals surface area contributed by atoms with E-state index in [-0.39, 0.29) is 5.69 Å². The monoisotopic (exact) mass is 270 g/mol. The largest absolute Gasteiger partial charge is 0.383 e. The van der Waals surface area contributed by atoms with Gasteiger partial charge in [-0.2, -0.15) is 0 Å². The summed E-state index contributed by atoms with van der Waals surface area (Å²) >= 11 is 5.95. The first kappa shape index (κ1) is 14.6. The van der Waals surface area contributed by atoms with Crippen LogP contribution in [0.15, 0.2) is 24.3 Å². The molecule has 0 spiro atoms. The molecule has 0 aliphatic carbocycles. The van der Waals surface area contributed by atoms with E-state index in [2.05, 4.69) is 5.32 Å². The van der Waals surface area contributed by atoms with Crippen molar-refractivity contribution in [3.63, 3.8) is 0 Å². The fourth-order valence-electron chi connectivity index (χ4n) is 1.32. The predicted molar refractivity (Wildman–Crippen MR) is 71.9 cm³/mol. The number of benzene rings is 1. The van der Waals surface area contributed by atoms with Crippen molar-refractivity contribution in [2.24, 2.45) is 0 Å². The average Bonchev–Trinajstić information content (AvgIpc) is 2.35. The fourth-order valence-corrected chi connectivity index (χ4v) is 1.50. The van der Waals surface area contributed by atoms with Crippen LogP contribution in [-0.2, 0) is 4.74 Å². The number of methoxy groups -OCH3 is 1. The second-order valence-corrected chi connectivity index (χ2v) is 3.97. The highest BCUT2D eigenvalue weighted by molar-refractivity contribution is 6.32. The second-order valence-electron chi connectivity index (χ2n) is 3.56. The van der Waals surface area contributed by atoms with Crippen molar-refractivity contribution in [1.82, 2.24) is 5.32 Å². The Labute approximate surface area is 111 Å². The van der Waals surface area contributed by atoms with Gasteiger partial charge in [0.15, 0.2) is 0 Å². The van der Waals surface area contributed by atoms with Gasteiger partial charge in [-0.25, -0.2) is 0 Å². The maximum Gasteiger partial charge on any atom is 0.270 e. The third-order valence-electron chi connectivity index (χ3n) is 2.23. The Morgan fingerprint density at radius 1 is 1.56 bits per heavy atom. The number of nitrogens with zero attached hydrogens (tertiary/aromatic N) is 1. The van der Waals surface area contributed by atoms with Crippen molar-refractivity contribution in [2.45, 2.75) is 0 Å². The maximum absolute atomic E-state index is 10.6. The summed E-state index contributed by atoms with van der Waals surface area (Å²) < 4.78 is 4.89.